The third-order valence-electron chi connectivity index (χ3n) is 4.34. The lowest BCUT2D eigenvalue weighted by Gasteiger charge is -2.14. The van der Waals surface area contributed by atoms with Crippen molar-refractivity contribution < 1.29 is 9.90 Å². The molecule has 7 nitrogen and oxygen atoms in total. The van der Waals surface area contributed by atoms with E-state index in [1.54, 1.807) is 31.2 Å². The van der Waals surface area contributed by atoms with Gasteiger partial charge in [-0.15, -0.1) is 0 Å². The van der Waals surface area contributed by atoms with Crippen molar-refractivity contribution in [1.29, 1.82) is 5.26 Å². The summed E-state index contributed by atoms with van der Waals surface area (Å²) >= 11 is 0. The van der Waals surface area contributed by atoms with Gasteiger partial charge in [-0.25, -0.2) is 4.98 Å². The zero-order valence-electron chi connectivity index (χ0n) is 14.0. The number of hydrogen-bond acceptors (Lipinski definition) is 4. The van der Waals surface area contributed by atoms with Gasteiger partial charge in [0.25, 0.3) is 5.56 Å². The monoisotopic (exact) mass is 336 g/mol. The van der Waals surface area contributed by atoms with Crippen molar-refractivity contribution in [1.82, 2.24) is 14.6 Å². The molecule has 0 saturated carbocycles. The Morgan fingerprint density at radius 2 is 1.96 bits per heavy atom. The van der Waals surface area contributed by atoms with E-state index in [0.717, 1.165) is 4.52 Å². The topological polar surface area (TPSA) is 111 Å². The molecule has 2 N–H and O–H groups in total. The first-order valence-corrected chi connectivity index (χ1v) is 7.63. The first-order chi connectivity index (χ1) is 11.8. The zero-order valence-corrected chi connectivity index (χ0v) is 14.0. The van der Waals surface area contributed by atoms with E-state index in [0.29, 0.717) is 16.7 Å². The minimum atomic E-state index is -1.33. The molecule has 0 aliphatic rings. The largest absolute Gasteiger partial charge is 0.481 e. The summed E-state index contributed by atoms with van der Waals surface area (Å²) in [5.74, 6) is -0.976. The number of nitriles is 1. The Kier molecular flexibility index (Phi) is 3.68. The normalized spacial score (nSPS) is 11.4. The van der Waals surface area contributed by atoms with Gasteiger partial charge in [-0.05, 0) is 31.9 Å². The molecule has 0 radical (unpaired) electrons. The lowest BCUT2D eigenvalue weighted by molar-refractivity contribution is -0.142. The van der Waals surface area contributed by atoms with Crippen LogP contribution in [0.1, 0.15) is 30.8 Å². The van der Waals surface area contributed by atoms with Crippen molar-refractivity contribution >= 4 is 11.6 Å². The average Bonchev–Trinajstić information content (AvgIpc) is 3.02. The molecular formula is C18H16N4O3. The predicted molar refractivity (Wildman–Crippen MR) is 91.4 cm³/mol. The number of nitrogens with one attached hydrogen (secondary N) is 1. The smallest absolute Gasteiger partial charge is 0.316 e. The van der Waals surface area contributed by atoms with Gasteiger partial charge in [0.1, 0.15) is 22.9 Å². The minimum absolute atomic E-state index is 0.109. The van der Waals surface area contributed by atoms with Crippen LogP contribution in [-0.4, -0.2) is 25.7 Å². The number of aromatic nitrogens is 3. The fourth-order valence-electron chi connectivity index (χ4n) is 2.68. The Morgan fingerprint density at radius 3 is 2.52 bits per heavy atom. The van der Waals surface area contributed by atoms with Crippen molar-refractivity contribution in [2.45, 2.75) is 26.2 Å². The van der Waals surface area contributed by atoms with E-state index in [2.05, 4.69) is 16.2 Å². The summed E-state index contributed by atoms with van der Waals surface area (Å²) in [6.07, 6.45) is 0. The zero-order chi connectivity index (χ0) is 18.4. The van der Waals surface area contributed by atoms with Gasteiger partial charge >= 0.3 is 5.97 Å². The third-order valence-corrected chi connectivity index (χ3v) is 4.34. The molecule has 0 unspecified atom stereocenters. The van der Waals surface area contributed by atoms with Crippen LogP contribution in [0.5, 0.6) is 0 Å². The fourth-order valence-corrected chi connectivity index (χ4v) is 2.68. The molecule has 7 heteroatoms. The summed E-state index contributed by atoms with van der Waals surface area (Å²) in [5.41, 5.74) is 0.257. The summed E-state index contributed by atoms with van der Waals surface area (Å²) in [5, 5.41) is 21.7. The Morgan fingerprint density at radius 1 is 1.32 bits per heavy atom. The maximum absolute atomic E-state index is 13.0. The highest BCUT2D eigenvalue weighted by Crippen LogP contribution is 2.26. The van der Waals surface area contributed by atoms with Crippen molar-refractivity contribution in [2.75, 3.05) is 0 Å². The van der Waals surface area contributed by atoms with Crippen molar-refractivity contribution in [2.24, 2.45) is 0 Å². The maximum atomic E-state index is 13.0. The molecule has 2 heterocycles. The van der Waals surface area contributed by atoms with E-state index in [9.17, 15) is 20.0 Å². The quantitative estimate of drug-likeness (QED) is 0.762. The number of aliphatic carboxylic acids is 1. The van der Waals surface area contributed by atoms with Crippen LogP contribution in [0.3, 0.4) is 0 Å². The molecular weight excluding hydrogens is 320 g/mol. The number of fused-ring (bicyclic) bond motifs is 1. The van der Waals surface area contributed by atoms with Crippen LogP contribution in [-0.2, 0) is 10.2 Å². The second kappa shape index (κ2) is 5.60. The molecule has 3 rings (SSSR count). The van der Waals surface area contributed by atoms with Crippen LogP contribution >= 0.6 is 0 Å². The second-order valence-electron chi connectivity index (χ2n) is 6.32. The molecule has 3 aromatic rings. The number of aromatic amines is 1. The van der Waals surface area contributed by atoms with E-state index in [1.807, 2.05) is 6.07 Å². The van der Waals surface area contributed by atoms with E-state index in [1.165, 1.54) is 13.8 Å². The van der Waals surface area contributed by atoms with Gasteiger partial charge in [0.15, 0.2) is 5.65 Å². The Hall–Kier alpha value is -3.40. The molecule has 1 aromatic carbocycles. The highest BCUT2D eigenvalue weighted by atomic mass is 16.4. The van der Waals surface area contributed by atoms with E-state index in [4.69, 9.17) is 0 Å². The van der Waals surface area contributed by atoms with Crippen LogP contribution in [0.25, 0.3) is 16.8 Å². The molecule has 126 valence electrons. The van der Waals surface area contributed by atoms with Crippen LogP contribution < -0.4 is 5.56 Å². The van der Waals surface area contributed by atoms with Gasteiger partial charge in [0, 0.05) is 0 Å². The number of H-pyrrole nitrogens is 1. The third kappa shape index (κ3) is 2.39. The number of carbonyl (C=O) groups is 1. The fraction of sp³-hybridized carbons (Fsp3) is 0.222. The van der Waals surface area contributed by atoms with Crippen LogP contribution in [0.4, 0.5) is 0 Å². The van der Waals surface area contributed by atoms with Gasteiger partial charge in [0.05, 0.1) is 5.56 Å². The van der Waals surface area contributed by atoms with Gasteiger partial charge in [-0.3, -0.25) is 14.7 Å². The van der Waals surface area contributed by atoms with Gasteiger partial charge in [-0.1, -0.05) is 30.3 Å². The second-order valence-corrected chi connectivity index (χ2v) is 6.32. The molecule has 0 spiro atoms. The molecule has 0 amide bonds. The summed E-state index contributed by atoms with van der Waals surface area (Å²) in [6, 6.07) is 11.1. The van der Waals surface area contributed by atoms with E-state index in [-0.39, 0.29) is 22.6 Å². The van der Waals surface area contributed by atoms with E-state index >= 15 is 0 Å². The SMILES string of the molecule is Cc1c(-c2ccccc2)c(=O)n2[nH]c(C(C)(C)C(=O)O)nc2c1C#N. The summed E-state index contributed by atoms with van der Waals surface area (Å²) < 4.78 is 1.15. The Labute approximate surface area is 143 Å². The molecule has 0 fully saturated rings. The lowest BCUT2D eigenvalue weighted by Crippen LogP contribution is -2.30. The van der Waals surface area contributed by atoms with E-state index < -0.39 is 11.4 Å². The number of carboxylic acids is 1. The highest BCUT2D eigenvalue weighted by molar-refractivity contribution is 5.80. The van der Waals surface area contributed by atoms with Gasteiger partial charge in [0.2, 0.25) is 0 Å². The standard InChI is InChI=1S/C18H16N4O3/c1-10-12(9-19)14-20-16(18(2,3)17(24)25)21-22(14)15(23)13(10)11-7-5-4-6-8-11/h4-8H,1-3H3,(H,20,21)(H,24,25). The summed E-state index contributed by atoms with van der Waals surface area (Å²) in [6.45, 7) is 4.66. The molecule has 0 aliphatic heterocycles. The molecule has 0 aliphatic carbocycles. The van der Waals surface area contributed by atoms with Gasteiger partial charge in [-0.2, -0.15) is 9.78 Å². The summed E-state index contributed by atoms with van der Waals surface area (Å²) in [7, 11) is 0. The van der Waals surface area contributed by atoms with Crippen LogP contribution in [0, 0.1) is 18.3 Å². The number of hydrogen-bond donors (Lipinski definition) is 2. The first kappa shape index (κ1) is 16.5. The van der Waals surface area contributed by atoms with Crippen LogP contribution in [0.15, 0.2) is 35.1 Å². The highest BCUT2D eigenvalue weighted by Gasteiger charge is 2.34. The lowest BCUT2D eigenvalue weighted by atomic mass is 9.93. The molecule has 0 saturated heterocycles. The molecule has 0 atom stereocenters. The number of benzene rings is 1. The molecule has 0 bridgehead atoms. The minimum Gasteiger partial charge on any atom is -0.481 e. The number of pyridine rings is 1. The predicted octanol–water partition coefficient (Wildman–Crippen LogP) is 2.23. The van der Waals surface area contributed by atoms with Crippen molar-refractivity contribution in [3.8, 4) is 17.2 Å². The number of nitrogens with zero attached hydrogens (tertiary/aromatic N) is 3. The van der Waals surface area contributed by atoms with Crippen molar-refractivity contribution in [3.63, 3.8) is 0 Å². The average molecular weight is 336 g/mol. The maximum Gasteiger partial charge on any atom is 0.316 e. The number of carboxylic acid groups (broad SMARTS) is 1. The molecule has 2 aromatic heterocycles. The number of rotatable bonds is 3. The summed E-state index contributed by atoms with van der Waals surface area (Å²) in [4.78, 5) is 28.7. The first-order valence-electron chi connectivity index (χ1n) is 7.63. The molecule has 25 heavy (non-hydrogen) atoms. The van der Waals surface area contributed by atoms with Crippen molar-refractivity contribution in [3.05, 3.63) is 57.6 Å². The Balaban J connectivity index is 2.42. The van der Waals surface area contributed by atoms with Crippen LogP contribution in [0.2, 0.25) is 0 Å². The Bertz CT molecular complexity index is 1090. The van der Waals surface area contributed by atoms with Gasteiger partial charge < -0.3 is 5.11 Å².